The zero-order valence-corrected chi connectivity index (χ0v) is 18.6. The number of aromatic nitrogens is 2. The molecule has 1 aromatic carbocycles. The largest absolute Gasteiger partial charge is 0.478 e. The number of alkyl halides is 3. The van der Waals surface area contributed by atoms with Crippen molar-refractivity contribution in [3.8, 4) is 23.3 Å². The summed E-state index contributed by atoms with van der Waals surface area (Å²) >= 11 is 0. The van der Waals surface area contributed by atoms with Crippen LogP contribution in [0.3, 0.4) is 0 Å². The molecule has 1 aliphatic heterocycles. The molecule has 1 N–H and O–H groups in total. The van der Waals surface area contributed by atoms with Gasteiger partial charge in [0.15, 0.2) is 0 Å². The van der Waals surface area contributed by atoms with Crippen LogP contribution in [0.4, 0.5) is 18.0 Å². The van der Waals surface area contributed by atoms with Gasteiger partial charge in [-0.2, -0.15) is 13.2 Å². The lowest BCUT2D eigenvalue weighted by Crippen LogP contribution is -2.43. The number of nitrogens with zero attached hydrogens (tertiary/aromatic N) is 3. The van der Waals surface area contributed by atoms with E-state index in [0.29, 0.717) is 43.8 Å². The van der Waals surface area contributed by atoms with E-state index in [2.05, 4.69) is 9.97 Å². The van der Waals surface area contributed by atoms with Crippen molar-refractivity contribution in [1.82, 2.24) is 14.9 Å². The van der Waals surface area contributed by atoms with Crippen LogP contribution >= 0.6 is 0 Å². The minimum absolute atomic E-state index is 0.00846. The van der Waals surface area contributed by atoms with Crippen molar-refractivity contribution in [2.24, 2.45) is 0 Å². The first-order valence-corrected chi connectivity index (χ1v) is 10.8. The van der Waals surface area contributed by atoms with Gasteiger partial charge in [-0.25, -0.2) is 19.6 Å². The van der Waals surface area contributed by atoms with Crippen LogP contribution in [0.2, 0.25) is 0 Å². The van der Waals surface area contributed by atoms with E-state index in [4.69, 9.17) is 19.3 Å². The van der Waals surface area contributed by atoms with Gasteiger partial charge in [0, 0.05) is 50.5 Å². The second-order valence-electron chi connectivity index (χ2n) is 7.82. The standard InChI is InChI=1S/C24H20F3N3O6/c25-24(26,27)16-2-8-21(29-14-16)34-17-3-5-18(6-4-17)36-23(33)30-11-9-19(10-12-30)35-20-7-1-15(13-28-20)22(31)32/h1-8,13-14,19H,9-12H2,(H,31,32). The third-order valence-electron chi connectivity index (χ3n) is 5.29. The molecule has 4 rings (SSSR count). The second kappa shape index (κ2) is 10.5. The van der Waals surface area contributed by atoms with Crippen molar-refractivity contribution in [2.75, 3.05) is 13.1 Å². The Morgan fingerprint density at radius 1 is 0.889 bits per heavy atom. The molecule has 3 heterocycles. The first-order chi connectivity index (χ1) is 17.2. The summed E-state index contributed by atoms with van der Waals surface area (Å²) in [5.74, 6) is -0.182. The van der Waals surface area contributed by atoms with Gasteiger partial charge >= 0.3 is 18.2 Å². The highest BCUT2D eigenvalue weighted by molar-refractivity contribution is 5.87. The number of benzene rings is 1. The lowest BCUT2D eigenvalue weighted by molar-refractivity contribution is -0.137. The zero-order valence-electron chi connectivity index (χ0n) is 18.6. The Morgan fingerprint density at radius 2 is 1.53 bits per heavy atom. The Labute approximate surface area is 203 Å². The molecule has 1 amide bonds. The average molecular weight is 503 g/mol. The van der Waals surface area contributed by atoms with Gasteiger partial charge in [0.1, 0.15) is 17.6 Å². The number of hydrogen-bond acceptors (Lipinski definition) is 7. The van der Waals surface area contributed by atoms with E-state index in [1.165, 1.54) is 47.5 Å². The minimum atomic E-state index is -4.48. The number of amides is 1. The lowest BCUT2D eigenvalue weighted by atomic mass is 10.1. The molecule has 2 aromatic heterocycles. The highest BCUT2D eigenvalue weighted by Crippen LogP contribution is 2.30. The van der Waals surface area contributed by atoms with Crippen LogP contribution in [-0.2, 0) is 6.18 Å². The maximum Gasteiger partial charge on any atom is 0.417 e. The molecule has 9 nitrogen and oxygen atoms in total. The van der Waals surface area contributed by atoms with Gasteiger partial charge in [-0.05, 0) is 36.4 Å². The van der Waals surface area contributed by atoms with E-state index >= 15 is 0 Å². The number of piperidine rings is 1. The van der Waals surface area contributed by atoms with Crippen molar-refractivity contribution >= 4 is 12.1 Å². The normalized spacial score (nSPS) is 14.2. The number of carboxylic acids is 1. The molecule has 36 heavy (non-hydrogen) atoms. The quantitative estimate of drug-likeness (QED) is 0.499. The molecule has 0 aliphatic carbocycles. The molecule has 12 heteroatoms. The van der Waals surface area contributed by atoms with Crippen molar-refractivity contribution in [3.63, 3.8) is 0 Å². The fourth-order valence-electron chi connectivity index (χ4n) is 3.37. The maximum atomic E-state index is 12.6. The lowest BCUT2D eigenvalue weighted by Gasteiger charge is -2.31. The van der Waals surface area contributed by atoms with Gasteiger partial charge < -0.3 is 24.2 Å². The zero-order chi connectivity index (χ0) is 25.7. The Morgan fingerprint density at radius 3 is 2.08 bits per heavy atom. The van der Waals surface area contributed by atoms with E-state index in [1.54, 1.807) is 0 Å². The molecule has 1 fully saturated rings. The number of likely N-dealkylation sites (tertiary alicyclic amines) is 1. The molecule has 0 atom stereocenters. The number of halogens is 3. The monoisotopic (exact) mass is 503 g/mol. The summed E-state index contributed by atoms with van der Waals surface area (Å²) in [4.78, 5) is 32.5. The number of pyridine rings is 2. The first kappa shape index (κ1) is 24.8. The predicted octanol–water partition coefficient (Wildman–Crippen LogP) is 5.03. The Balaban J connectivity index is 1.24. The number of carbonyl (C=O) groups is 2. The van der Waals surface area contributed by atoms with E-state index in [1.807, 2.05) is 0 Å². The Kier molecular flexibility index (Phi) is 7.23. The van der Waals surface area contributed by atoms with Crippen molar-refractivity contribution < 1.29 is 42.1 Å². The summed E-state index contributed by atoms with van der Waals surface area (Å²) in [6, 6.07) is 10.9. The topological polar surface area (TPSA) is 111 Å². The number of aromatic carboxylic acids is 1. The van der Waals surface area contributed by atoms with Crippen LogP contribution in [0.25, 0.3) is 0 Å². The van der Waals surface area contributed by atoms with Crippen molar-refractivity contribution in [1.29, 1.82) is 0 Å². The SMILES string of the molecule is O=C(O)c1ccc(OC2CCN(C(=O)Oc3ccc(Oc4ccc(C(F)(F)F)cn4)cc3)CC2)nc1. The molecule has 1 aliphatic rings. The molecule has 0 bridgehead atoms. The fourth-order valence-corrected chi connectivity index (χ4v) is 3.37. The van der Waals surface area contributed by atoms with Crippen LogP contribution in [0, 0.1) is 0 Å². The third-order valence-corrected chi connectivity index (χ3v) is 5.29. The molecule has 0 spiro atoms. The molecule has 0 unspecified atom stereocenters. The second-order valence-corrected chi connectivity index (χ2v) is 7.82. The summed E-state index contributed by atoms with van der Waals surface area (Å²) in [6.45, 7) is 0.801. The average Bonchev–Trinajstić information content (AvgIpc) is 2.86. The number of carbonyl (C=O) groups excluding carboxylic acids is 1. The van der Waals surface area contributed by atoms with Crippen LogP contribution in [0.15, 0.2) is 60.9 Å². The summed E-state index contributed by atoms with van der Waals surface area (Å²) in [5, 5.41) is 8.92. The predicted molar refractivity (Wildman–Crippen MR) is 118 cm³/mol. The van der Waals surface area contributed by atoms with Gasteiger partial charge in [-0.3, -0.25) is 0 Å². The molecular weight excluding hydrogens is 483 g/mol. The number of hydrogen-bond donors (Lipinski definition) is 1. The fraction of sp³-hybridized carbons (Fsp3) is 0.250. The molecule has 3 aromatic rings. The summed E-state index contributed by atoms with van der Waals surface area (Å²) in [5.41, 5.74) is -0.811. The molecular formula is C24H20F3N3O6. The molecule has 0 saturated carbocycles. The molecule has 1 saturated heterocycles. The van der Waals surface area contributed by atoms with Crippen LogP contribution in [0.1, 0.15) is 28.8 Å². The van der Waals surface area contributed by atoms with Crippen molar-refractivity contribution in [3.05, 3.63) is 72.1 Å². The van der Waals surface area contributed by atoms with E-state index in [9.17, 15) is 22.8 Å². The Hall–Kier alpha value is -4.35. The van der Waals surface area contributed by atoms with Gasteiger partial charge in [-0.15, -0.1) is 0 Å². The van der Waals surface area contributed by atoms with Crippen molar-refractivity contribution in [2.45, 2.75) is 25.1 Å². The summed E-state index contributed by atoms with van der Waals surface area (Å²) in [6.07, 6.45) is -2.18. The highest BCUT2D eigenvalue weighted by atomic mass is 19.4. The summed E-state index contributed by atoms with van der Waals surface area (Å²) in [7, 11) is 0. The molecule has 188 valence electrons. The van der Waals surface area contributed by atoms with Gasteiger partial charge in [-0.1, -0.05) is 0 Å². The van der Waals surface area contributed by atoms with Gasteiger partial charge in [0.25, 0.3) is 0 Å². The maximum absolute atomic E-state index is 12.6. The number of carboxylic acid groups (broad SMARTS) is 1. The Bertz CT molecular complexity index is 1190. The van der Waals surface area contributed by atoms with E-state index in [-0.39, 0.29) is 23.3 Å². The minimum Gasteiger partial charge on any atom is -0.478 e. The molecule has 0 radical (unpaired) electrons. The van der Waals surface area contributed by atoms with E-state index in [0.717, 1.165) is 12.1 Å². The van der Waals surface area contributed by atoms with Crippen LogP contribution < -0.4 is 14.2 Å². The smallest absolute Gasteiger partial charge is 0.417 e. The summed E-state index contributed by atoms with van der Waals surface area (Å²) < 4.78 is 54.4. The van der Waals surface area contributed by atoms with E-state index < -0.39 is 23.8 Å². The third kappa shape index (κ3) is 6.40. The van der Waals surface area contributed by atoms with Crippen LogP contribution in [-0.4, -0.2) is 51.2 Å². The highest BCUT2D eigenvalue weighted by Gasteiger charge is 2.30. The van der Waals surface area contributed by atoms with Gasteiger partial charge in [0.05, 0.1) is 11.1 Å². The number of ether oxygens (including phenoxy) is 3. The van der Waals surface area contributed by atoms with Crippen LogP contribution in [0.5, 0.6) is 23.3 Å². The first-order valence-electron chi connectivity index (χ1n) is 10.8. The van der Waals surface area contributed by atoms with Gasteiger partial charge in [0.2, 0.25) is 11.8 Å². The number of rotatable bonds is 6.